The van der Waals surface area contributed by atoms with Crippen molar-refractivity contribution >= 4 is 5.97 Å². The number of rotatable bonds is 4. The fourth-order valence-corrected chi connectivity index (χ4v) is 2.38. The molecule has 0 amide bonds. The van der Waals surface area contributed by atoms with Crippen LogP contribution in [-0.2, 0) is 6.42 Å². The standard InChI is InChI=1S/C16H20N2O2/c1-10(2)8-14-15(16(19)20)12(4)18(17-14)13-7-5-6-11(3)9-13/h5-7,9-10H,8H2,1-4H3,(H,19,20). The monoisotopic (exact) mass is 272 g/mol. The molecular formula is C16H20N2O2. The van der Waals surface area contributed by atoms with Crippen molar-refractivity contribution in [3.05, 3.63) is 46.8 Å². The Morgan fingerprint density at radius 1 is 1.35 bits per heavy atom. The maximum absolute atomic E-state index is 11.5. The number of aryl methyl sites for hydroxylation is 1. The van der Waals surface area contributed by atoms with Crippen molar-refractivity contribution < 1.29 is 9.90 Å². The summed E-state index contributed by atoms with van der Waals surface area (Å²) in [6.45, 7) is 7.94. The van der Waals surface area contributed by atoms with Crippen LogP contribution in [0.2, 0.25) is 0 Å². The van der Waals surface area contributed by atoms with Gasteiger partial charge in [-0.2, -0.15) is 5.10 Å². The van der Waals surface area contributed by atoms with Gasteiger partial charge in [0.1, 0.15) is 5.56 Å². The van der Waals surface area contributed by atoms with E-state index in [-0.39, 0.29) is 0 Å². The van der Waals surface area contributed by atoms with Crippen LogP contribution >= 0.6 is 0 Å². The molecule has 20 heavy (non-hydrogen) atoms. The zero-order valence-corrected chi connectivity index (χ0v) is 12.3. The van der Waals surface area contributed by atoms with Crippen LogP contribution in [0.15, 0.2) is 24.3 Å². The van der Waals surface area contributed by atoms with E-state index in [2.05, 4.69) is 18.9 Å². The summed E-state index contributed by atoms with van der Waals surface area (Å²) in [5.41, 5.74) is 3.70. The second-order valence-corrected chi connectivity index (χ2v) is 5.56. The summed E-state index contributed by atoms with van der Waals surface area (Å²) in [5, 5.41) is 13.9. The Morgan fingerprint density at radius 2 is 2.05 bits per heavy atom. The van der Waals surface area contributed by atoms with Crippen molar-refractivity contribution in [3.63, 3.8) is 0 Å². The maximum atomic E-state index is 11.5. The molecule has 4 nitrogen and oxygen atoms in total. The molecule has 0 saturated carbocycles. The van der Waals surface area contributed by atoms with E-state index in [0.29, 0.717) is 29.3 Å². The predicted octanol–water partition coefficient (Wildman–Crippen LogP) is 3.39. The van der Waals surface area contributed by atoms with Gasteiger partial charge in [-0.05, 0) is 43.9 Å². The van der Waals surface area contributed by atoms with Gasteiger partial charge in [0.25, 0.3) is 0 Å². The first-order valence-electron chi connectivity index (χ1n) is 6.79. The van der Waals surface area contributed by atoms with Crippen LogP contribution in [0.4, 0.5) is 0 Å². The maximum Gasteiger partial charge on any atom is 0.339 e. The van der Waals surface area contributed by atoms with Gasteiger partial charge in [-0.15, -0.1) is 0 Å². The summed E-state index contributed by atoms with van der Waals surface area (Å²) in [7, 11) is 0. The van der Waals surface area contributed by atoms with Crippen LogP contribution in [0.3, 0.4) is 0 Å². The molecule has 106 valence electrons. The Labute approximate surface area is 119 Å². The van der Waals surface area contributed by atoms with Crippen molar-refractivity contribution in [2.75, 3.05) is 0 Å². The number of carboxylic acids is 1. The molecule has 0 unspecified atom stereocenters. The first kappa shape index (κ1) is 14.3. The van der Waals surface area contributed by atoms with Gasteiger partial charge in [-0.25, -0.2) is 9.48 Å². The third-order valence-electron chi connectivity index (χ3n) is 3.25. The van der Waals surface area contributed by atoms with Crippen molar-refractivity contribution in [2.45, 2.75) is 34.1 Å². The highest BCUT2D eigenvalue weighted by molar-refractivity contribution is 5.90. The molecular weight excluding hydrogens is 252 g/mol. The molecule has 0 radical (unpaired) electrons. The van der Waals surface area contributed by atoms with Crippen LogP contribution in [0, 0.1) is 19.8 Å². The lowest BCUT2D eigenvalue weighted by Crippen LogP contribution is -2.04. The highest BCUT2D eigenvalue weighted by Gasteiger charge is 2.21. The lowest BCUT2D eigenvalue weighted by molar-refractivity contribution is 0.0694. The van der Waals surface area contributed by atoms with E-state index in [4.69, 9.17) is 0 Å². The van der Waals surface area contributed by atoms with Gasteiger partial charge in [0.15, 0.2) is 0 Å². The number of benzene rings is 1. The van der Waals surface area contributed by atoms with Crippen molar-refractivity contribution in [2.24, 2.45) is 5.92 Å². The van der Waals surface area contributed by atoms with E-state index in [9.17, 15) is 9.90 Å². The van der Waals surface area contributed by atoms with Gasteiger partial charge < -0.3 is 5.11 Å². The first-order valence-corrected chi connectivity index (χ1v) is 6.79. The normalized spacial score (nSPS) is 11.1. The average Bonchev–Trinajstić information content (AvgIpc) is 2.65. The lowest BCUT2D eigenvalue weighted by atomic mass is 10.0. The topological polar surface area (TPSA) is 55.1 Å². The molecule has 0 aliphatic carbocycles. The minimum absolute atomic E-state index is 0.334. The number of hydrogen-bond donors (Lipinski definition) is 1. The zero-order chi connectivity index (χ0) is 14.9. The molecule has 1 heterocycles. The highest BCUT2D eigenvalue weighted by Crippen LogP contribution is 2.21. The van der Waals surface area contributed by atoms with Gasteiger partial charge in [-0.1, -0.05) is 26.0 Å². The van der Waals surface area contributed by atoms with Gasteiger partial charge in [-0.3, -0.25) is 0 Å². The minimum Gasteiger partial charge on any atom is -0.478 e. The number of carbonyl (C=O) groups is 1. The Hall–Kier alpha value is -2.10. The van der Waals surface area contributed by atoms with Crippen LogP contribution in [-0.4, -0.2) is 20.9 Å². The van der Waals surface area contributed by atoms with Gasteiger partial charge in [0.05, 0.1) is 17.1 Å². The number of aromatic carboxylic acids is 1. The molecule has 0 saturated heterocycles. The molecule has 0 fully saturated rings. The number of nitrogens with zero attached hydrogens (tertiary/aromatic N) is 2. The SMILES string of the molecule is Cc1cccc(-n2nc(CC(C)C)c(C(=O)O)c2C)c1. The molecule has 2 aromatic rings. The van der Waals surface area contributed by atoms with Crippen LogP contribution in [0.1, 0.15) is 41.2 Å². The summed E-state index contributed by atoms with van der Waals surface area (Å²) in [6, 6.07) is 7.91. The molecule has 0 bridgehead atoms. The Bertz CT molecular complexity index is 642. The summed E-state index contributed by atoms with van der Waals surface area (Å²) in [5.74, 6) is -0.537. The number of aromatic nitrogens is 2. The van der Waals surface area contributed by atoms with Crippen LogP contribution in [0.25, 0.3) is 5.69 Å². The molecule has 0 aliphatic heterocycles. The van der Waals surface area contributed by atoms with Gasteiger partial charge >= 0.3 is 5.97 Å². The van der Waals surface area contributed by atoms with Gasteiger partial charge in [0.2, 0.25) is 0 Å². The first-order chi connectivity index (χ1) is 9.40. The van der Waals surface area contributed by atoms with Crippen molar-refractivity contribution in [1.29, 1.82) is 0 Å². The van der Waals surface area contributed by atoms with E-state index in [1.54, 1.807) is 4.68 Å². The summed E-state index contributed by atoms with van der Waals surface area (Å²) >= 11 is 0. The summed E-state index contributed by atoms with van der Waals surface area (Å²) < 4.78 is 1.73. The van der Waals surface area contributed by atoms with E-state index in [1.807, 2.05) is 38.1 Å². The second-order valence-electron chi connectivity index (χ2n) is 5.56. The van der Waals surface area contributed by atoms with Crippen molar-refractivity contribution in [1.82, 2.24) is 9.78 Å². The zero-order valence-electron chi connectivity index (χ0n) is 12.3. The molecule has 2 rings (SSSR count). The molecule has 0 aliphatic rings. The lowest BCUT2D eigenvalue weighted by Gasteiger charge is -2.05. The number of carboxylic acid groups (broad SMARTS) is 1. The molecule has 0 spiro atoms. The molecule has 1 aromatic carbocycles. The Kier molecular flexibility index (Phi) is 3.93. The largest absolute Gasteiger partial charge is 0.478 e. The molecule has 1 N–H and O–H groups in total. The van der Waals surface area contributed by atoms with Gasteiger partial charge in [0, 0.05) is 0 Å². The summed E-state index contributed by atoms with van der Waals surface area (Å²) in [6.07, 6.45) is 0.668. The van der Waals surface area contributed by atoms with Crippen LogP contribution in [0.5, 0.6) is 0 Å². The average molecular weight is 272 g/mol. The van der Waals surface area contributed by atoms with E-state index < -0.39 is 5.97 Å². The van der Waals surface area contributed by atoms with E-state index in [1.165, 1.54) is 0 Å². The minimum atomic E-state index is -0.906. The van der Waals surface area contributed by atoms with Crippen molar-refractivity contribution in [3.8, 4) is 5.69 Å². The fraction of sp³-hybridized carbons (Fsp3) is 0.375. The highest BCUT2D eigenvalue weighted by atomic mass is 16.4. The Balaban J connectivity index is 2.58. The summed E-state index contributed by atoms with van der Waals surface area (Å²) in [4.78, 5) is 11.5. The van der Waals surface area contributed by atoms with Crippen LogP contribution < -0.4 is 0 Å². The van der Waals surface area contributed by atoms with E-state index >= 15 is 0 Å². The molecule has 4 heteroatoms. The third-order valence-corrected chi connectivity index (χ3v) is 3.25. The predicted molar refractivity (Wildman–Crippen MR) is 78.5 cm³/mol. The van der Waals surface area contributed by atoms with E-state index in [0.717, 1.165) is 11.3 Å². The number of hydrogen-bond acceptors (Lipinski definition) is 2. The fourth-order valence-electron chi connectivity index (χ4n) is 2.38. The molecule has 0 atom stereocenters. The third kappa shape index (κ3) is 2.74. The second kappa shape index (κ2) is 5.49. The molecule has 1 aromatic heterocycles. The Morgan fingerprint density at radius 3 is 2.60 bits per heavy atom. The quantitative estimate of drug-likeness (QED) is 0.928. The smallest absolute Gasteiger partial charge is 0.339 e.